The molecule has 1 aliphatic heterocycles. The lowest BCUT2D eigenvalue weighted by Crippen LogP contribution is -2.30. The van der Waals surface area contributed by atoms with E-state index in [0.717, 1.165) is 39.9 Å². The third-order valence-corrected chi connectivity index (χ3v) is 7.51. The van der Waals surface area contributed by atoms with Crippen LogP contribution in [0.25, 0.3) is 11.1 Å². The van der Waals surface area contributed by atoms with Crippen LogP contribution in [0.15, 0.2) is 104 Å². The van der Waals surface area contributed by atoms with E-state index in [0.29, 0.717) is 43.1 Å². The summed E-state index contributed by atoms with van der Waals surface area (Å²) in [5.74, 6) is 0.476. The van der Waals surface area contributed by atoms with Crippen LogP contribution in [0.1, 0.15) is 50.8 Å². The normalized spacial score (nSPS) is 13.9. The highest BCUT2D eigenvalue weighted by molar-refractivity contribution is 5.97. The first-order valence-electron chi connectivity index (χ1n) is 13.9. The molecule has 8 nitrogen and oxygen atoms in total. The van der Waals surface area contributed by atoms with Gasteiger partial charge in [-0.25, -0.2) is 4.98 Å². The summed E-state index contributed by atoms with van der Waals surface area (Å²) in [6.45, 7) is 2.26. The zero-order valence-corrected chi connectivity index (χ0v) is 23.0. The first-order chi connectivity index (χ1) is 20.7. The van der Waals surface area contributed by atoms with Crippen molar-refractivity contribution in [3.05, 3.63) is 137 Å². The minimum Gasteiger partial charge on any atom is -0.492 e. The van der Waals surface area contributed by atoms with Gasteiger partial charge in [0.1, 0.15) is 5.75 Å². The highest BCUT2D eigenvalue weighted by atomic mass is 16.5. The van der Waals surface area contributed by atoms with Crippen molar-refractivity contribution in [1.29, 1.82) is 5.26 Å². The van der Waals surface area contributed by atoms with Crippen molar-refractivity contribution in [2.75, 3.05) is 6.61 Å². The van der Waals surface area contributed by atoms with E-state index in [1.165, 1.54) is 0 Å². The van der Waals surface area contributed by atoms with E-state index in [1.807, 2.05) is 67.1 Å². The number of nitriles is 1. The van der Waals surface area contributed by atoms with E-state index in [9.17, 15) is 10.1 Å². The molecule has 1 atom stereocenters. The summed E-state index contributed by atoms with van der Waals surface area (Å²) in [5, 5.41) is 16.1. The number of hydrogen-bond donors (Lipinski definition) is 2. The number of ether oxygens (including phenoxy) is 1. The van der Waals surface area contributed by atoms with Gasteiger partial charge in [0, 0.05) is 56.3 Å². The molecular formula is C34H30N6O2. The summed E-state index contributed by atoms with van der Waals surface area (Å²) in [4.78, 5) is 21.5. The fraction of sp³-hybridized carbons (Fsp3) is 0.176. The topological polar surface area (TPSA) is 105 Å². The van der Waals surface area contributed by atoms with Gasteiger partial charge in [0.25, 0.3) is 5.91 Å². The Morgan fingerprint density at radius 2 is 1.79 bits per heavy atom. The number of benzene rings is 3. The van der Waals surface area contributed by atoms with Crippen molar-refractivity contribution in [2.24, 2.45) is 0 Å². The maximum atomic E-state index is 13.0. The van der Waals surface area contributed by atoms with Crippen molar-refractivity contribution in [3.63, 3.8) is 0 Å². The number of nitrogens with zero attached hydrogens (tertiary/aromatic N) is 4. The average Bonchev–Trinajstić information content (AvgIpc) is 3.49. The Balaban J connectivity index is 1.11. The largest absolute Gasteiger partial charge is 0.492 e. The molecule has 8 heteroatoms. The van der Waals surface area contributed by atoms with Crippen molar-refractivity contribution >= 4 is 5.91 Å². The summed E-state index contributed by atoms with van der Waals surface area (Å²) in [5.41, 5.74) is 7.34. The SMILES string of the molecule is N#Cc1ccccc1-c1ccc(Cn2cncc2CNC2CCOc3c(C(=O)NCc4ccncc4)cccc32)cc1. The van der Waals surface area contributed by atoms with Crippen molar-refractivity contribution in [2.45, 2.75) is 32.1 Å². The summed E-state index contributed by atoms with van der Waals surface area (Å²) in [6.07, 6.45) is 7.96. The maximum Gasteiger partial charge on any atom is 0.255 e. The predicted molar refractivity (Wildman–Crippen MR) is 159 cm³/mol. The number of aromatic nitrogens is 3. The number of nitrogens with one attached hydrogen (secondary N) is 2. The van der Waals surface area contributed by atoms with Gasteiger partial charge in [-0.15, -0.1) is 0 Å². The Labute approximate surface area is 244 Å². The fourth-order valence-electron chi connectivity index (χ4n) is 5.28. The standard InChI is InChI=1S/C34H30N6O2/c35-18-27-4-1-2-5-29(27)26-10-8-25(9-11-26)22-40-23-37-20-28(40)21-38-32-14-17-42-33-30(32)6-3-7-31(33)34(41)39-19-24-12-15-36-16-13-24/h1-13,15-16,20,23,32,38H,14,17,19,21-22H2,(H,39,41). The van der Waals surface area contributed by atoms with Gasteiger partial charge in [0.05, 0.1) is 35.8 Å². The second-order valence-electron chi connectivity index (χ2n) is 10.2. The van der Waals surface area contributed by atoms with Crippen molar-refractivity contribution < 1.29 is 9.53 Å². The van der Waals surface area contributed by atoms with Crippen LogP contribution >= 0.6 is 0 Å². The Morgan fingerprint density at radius 1 is 0.952 bits per heavy atom. The second kappa shape index (κ2) is 12.5. The number of amides is 1. The summed E-state index contributed by atoms with van der Waals surface area (Å²) in [7, 11) is 0. The lowest BCUT2D eigenvalue weighted by atomic mass is 9.97. The molecule has 0 saturated carbocycles. The average molecular weight is 555 g/mol. The summed E-state index contributed by atoms with van der Waals surface area (Å²) < 4.78 is 8.14. The fourth-order valence-corrected chi connectivity index (χ4v) is 5.28. The Morgan fingerprint density at radius 3 is 2.62 bits per heavy atom. The minimum atomic E-state index is -0.162. The smallest absolute Gasteiger partial charge is 0.255 e. The van der Waals surface area contributed by atoms with Gasteiger partial charge in [-0.2, -0.15) is 5.26 Å². The van der Waals surface area contributed by atoms with Crippen LogP contribution in [-0.2, 0) is 19.6 Å². The quantitative estimate of drug-likeness (QED) is 0.253. The molecule has 2 N–H and O–H groups in total. The van der Waals surface area contributed by atoms with Crippen molar-refractivity contribution in [3.8, 4) is 22.9 Å². The zero-order chi connectivity index (χ0) is 28.7. The van der Waals surface area contributed by atoms with Gasteiger partial charge in [0.15, 0.2) is 0 Å². The number of rotatable bonds is 9. The van der Waals surface area contributed by atoms with Gasteiger partial charge in [-0.1, -0.05) is 54.6 Å². The van der Waals surface area contributed by atoms with Crippen LogP contribution in [-0.4, -0.2) is 27.0 Å². The molecule has 0 bridgehead atoms. The molecule has 1 unspecified atom stereocenters. The molecule has 5 aromatic rings. The lowest BCUT2D eigenvalue weighted by Gasteiger charge is -2.28. The number of hydrogen-bond acceptors (Lipinski definition) is 6. The monoisotopic (exact) mass is 554 g/mol. The molecule has 0 aliphatic carbocycles. The second-order valence-corrected chi connectivity index (χ2v) is 10.2. The molecule has 0 radical (unpaired) electrons. The first kappa shape index (κ1) is 26.9. The number of fused-ring (bicyclic) bond motifs is 1. The number of pyridine rings is 1. The van der Waals surface area contributed by atoms with E-state index in [-0.39, 0.29) is 11.9 Å². The molecule has 3 aromatic carbocycles. The Hall–Kier alpha value is -5.26. The minimum absolute atomic E-state index is 0.0459. The summed E-state index contributed by atoms with van der Waals surface area (Å²) in [6, 6.07) is 27.8. The number of carbonyl (C=O) groups is 1. The molecule has 42 heavy (non-hydrogen) atoms. The van der Waals surface area contributed by atoms with E-state index < -0.39 is 0 Å². The molecule has 208 valence electrons. The number of carbonyl (C=O) groups excluding carboxylic acids is 1. The molecule has 1 amide bonds. The van der Waals surface area contributed by atoms with Crippen LogP contribution in [0.3, 0.4) is 0 Å². The van der Waals surface area contributed by atoms with Gasteiger partial charge in [0.2, 0.25) is 0 Å². The zero-order valence-electron chi connectivity index (χ0n) is 23.0. The molecule has 2 aromatic heterocycles. The van der Waals surface area contributed by atoms with Crippen LogP contribution in [0.4, 0.5) is 0 Å². The molecule has 0 saturated heterocycles. The molecular weight excluding hydrogens is 524 g/mol. The third-order valence-electron chi connectivity index (χ3n) is 7.51. The maximum absolute atomic E-state index is 13.0. The van der Waals surface area contributed by atoms with Crippen LogP contribution in [0.2, 0.25) is 0 Å². The lowest BCUT2D eigenvalue weighted by molar-refractivity contribution is 0.0945. The highest BCUT2D eigenvalue weighted by Crippen LogP contribution is 2.35. The Bertz CT molecular complexity index is 1720. The predicted octanol–water partition coefficient (Wildman–Crippen LogP) is 5.41. The molecule has 1 aliphatic rings. The molecule has 3 heterocycles. The van der Waals surface area contributed by atoms with E-state index in [1.54, 1.807) is 12.4 Å². The van der Waals surface area contributed by atoms with Crippen LogP contribution in [0, 0.1) is 11.3 Å². The van der Waals surface area contributed by atoms with Gasteiger partial charge in [-0.3, -0.25) is 9.78 Å². The first-order valence-corrected chi connectivity index (χ1v) is 13.9. The van der Waals surface area contributed by atoms with Crippen LogP contribution < -0.4 is 15.4 Å². The molecule has 0 spiro atoms. The van der Waals surface area contributed by atoms with Crippen LogP contribution in [0.5, 0.6) is 5.75 Å². The molecule has 0 fully saturated rings. The number of para-hydroxylation sites is 1. The number of imidazole rings is 1. The van der Waals surface area contributed by atoms with E-state index in [2.05, 4.69) is 55.5 Å². The Kier molecular flexibility index (Phi) is 8.02. The highest BCUT2D eigenvalue weighted by Gasteiger charge is 2.26. The van der Waals surface area contributed by atoms with Gasteiger partial charge < -0.3 is 19.9 Å². The van der Waals surface area contributed by atoms with E-state index in [4.69, 9.17) is 4.74 Å². The molecule has 6 rings (SSSR count). The van der Waals surface area contributed by atoms with E-state index >= 15 is 0 Å². The third kappa shape index (κ3) is 5.92. The van der Waals surface area contributed by atoms with Crippen molar-refractivity contribution in [1.82, 2.24) is 25.2 Å². The van der Waals surface area contributed by atoms with Gasteiger partial charge >= 0.3 is 0 Å². The summed E-state index contributed by atoms with van der Waals surface area (Å²) >= 11 is 0. The van der Waals surface area contributed by atoms with Gasteiger partial charge in [-0.05, 0) is 46.5 Å².